The van der Waals surface area contributed by atoms with Crippen molar-refractivity contribution in [1.29, 1.82) is 0 Å². The highest BCUT2D eigenvalue weighted by Gasteiger charge is 2.16. The average Bonchev–Trinajstić information content (AvgIpc) is 2.28. The van der Waals surface area contributed by atoms with Gasteiger partial charge in [-0.25, -0.2) is 0 Å². The van der Waals surface area contributed by atoms with Gasteiger partial charge in [-0.15, -0.1) is 0 Å². The van der Waals surface area contributed by atoms with Crippen molar-refractivity contribution >= 4 is 23.2 Å². The van der Waals surface area contributed by atoms with Gasteiger partial charge in [-0.05, 0) is 37.0 Å². The molecule has 2 N–H and O–H groups in total. The summed E-state index contributed by atoms with van der Waals surface area (Å²) in [6.45, 7) is 1.97. The van der Waals surface area contributed by atoms with E-state index >= 15 is 0 Å². The van der Waals surface area contributed by atoms with E-state index < -0.39 is 12.2 Å². The van der Waals surface area contributed by atoms with Gasteiger partial charge in [0.15, 0.2) is 0 Å². The number of hydrogen-bond donors (Lipinski definition) is 2. The zero-order valence-corrected chi connectivity index (χ0v) is 11.4. The van der Waals surface area contributed by atoms with Crippen LogP contribution in [0.15, 0.2) is 18.2 Å². The lowest BCUT2D eigenvalue weighted by Gasteiger charge is -2.17. The first-order valence-electron chi connectivity index (χ1n) is 5.85. The van der Waals surface area contributed by atoms with Gasteiger partial charge in [-0.1, -0.05) is 42.6 Å². The third-order valence-corrected chi connectivity index (χ3v) is 3.49. The van der Waals surface area contributed by atoms with Crippen molar-refractivity contribution in [1.82, 2.24) is 0 Å². The van der Waals surface area contributed by atoms with Crippen LogP contribution in [0.25, 0.3) is 0 Å². The van der Waals surface area contributed by atoms with Crippen molar-refractivity contribution in [2.75, 3.05) is 0 Å². The molecule has 0 radical (unpaired) electrons. The van der Waals surface area contributed by atoms with Crippen LogP contribution in [-0.2, 0) is 6.42 Å². The highest BCUT2D eigenvalue weighted by molar-refractivity contribution is 6.35. The summed E-state index contributed by atoms with van der Waals surface area (Å²) in [5, 5.41) is 20.6. The Bertz CT molecular complexity index is 335. The first kappa shape index (κ1) is 14.8. The topological polar surface area (TPSA) is 40.5 Å². The molecule has 0 aliphatic heterocycles. The lowest BCUT2D eigenvalue weighted by molar-refractivity contribution is 0.00981. The van der Waals surface area contributed by atoms with Gasteiger partial charge >= 0.3 is 0 Å². The summed E-state index contributed by atoms with van der Waals surface area (Å²) in [6.07, 6.45) is 1.11. The van der Waals surface area contributed by atoms with Crippen LogP contribution in [0.1, 0.15) is 31.7 Å². The smallest absolute Gasteiger partial charge is 0.0802 e. The minimum Gasteiger partial charge on any atom is -0.390 e. The second-order valence-corrected chi connectivity index (χ2v) is 4.98. The minimum absolute atomic E-state index is 0.463. The molecule has 1 rings (SSSR count). The summed E-state index contributed by atoms with van der Waals surface area (Å²) in [4.78, 5) is 0. The van der Waals surface area contributed by atoms with Gasteiger partial charge in [0.1, 0.15) is 0 Å². The third-order valence-electron chi connectivity index (χ3n) is 2.78. The molecule has 0 fully saturated rings. The molecule has 96 valence electrons. The second kappa shape index (κ2) is 7.22. The van der Waals surface area contributed by atoms with E-state index in [0.29, 0.717) is 29.3 Å². The van der Waals surface area contributed by atoms with E-state index in [2.05, 4.69) is 0 Å². The Morgan fingerprint density at radius 1 is 1.06 bits per heavy atom. The van der Waals surface area contributed by atoms with Crippen molar-refractivity contribution in [3.63, 3.8) is 0 Å². The van der Waals surface area contributed by atoms with Crippen LogP contribution >= 0.6 is 23.2 Å². The fourth-order valence-corrected chi connectivity index (χ4v) is 2.33. The van der Waals surface area contributed by atoms with Gasteiger partial charge in [0.05, 0.1) is 12.2 Å². The van der Waals surface area contributed by atoms with E-state index in [1.165, 1.54) is 0 Å². The zero-order chi connectivity index (χ0) is 12.8. The van der Waals surface area contributed by atoms with Crippen LogP contribution in [0.3, 0.4) is 0 Å². The standard InChI is InChI=1S/C13H18Cl2O2/c1-2-4-12(16)13(17)8-7-9-10(14)5-3-6-11(9)15/h3,5-6,12-13,16-17H,2,4,7-8H2,1H3. The molecular weight excluding hydrogens is 259 g/mol. The van der Waals surface area contributed by atoms with E-state index in [-0.39, 0.29) is 0 Å². The first-order valence-corrected chi connectivity index (χ1v) is 6.60. The predicted octanol–water partition coefficient (Wildman–Crippen LogP) is 3.45. The summed E-state index contributed by atoms with van der Waals surface area (Å²) in [6, 6.07) is 5.34. The van der Waals surface area contributed by atoms with Crippen LogP contribution in [0, 0.1) is 0 Å². The maximum absolute atomic E-state index is 9.76. The minimum atomic E-state index is -0.720. The van der Waals surface area contributed by atoms with E-state index in [0.717, 1.165) is 12.0 Å². The summed E-state index contributed by atoms with van der Waals surface area (Å²) in [5.74, 6) is 0. The molecule has 0 bridgehead atoms. The molecule has 2 atom stereocenters. The van der Waals surface area contributed by atoms with Crippen molar-refractivity contribution in [3.8, 4) is 0 Å². The molecule has 0 aromatic heterocycles. The highest BCUT2D eigenvalue weighted by Crippen LogP contribution is 2.26. The van der Waals surface area contributed by atoms with E-state index in [9.17, 15) is 10.2 Å². The molecule has 0 spiro atoms. The first-order chi connectivity index (χ1) is 8.06. The molecular formula is C13H18Cl2O2. The molecule has 0 saturated heterocycles. The van der Waals surface area contributed by atoms with Crippen LogP contribution < -0.4 is 0 Å². The quantitative estimate of drug-likeness (QED) is 0.836. The maximum Gasteiger partial charge on any atom is 0.0802 e. The molecule has 0 saturated carbocycles. The molecule has 4 heteroatoms. The Morgan fingerprint density at radius 3 is 2.12 bits per heavy atom. The van der Waals surface area contributed by atoms with Crippen molar-refractivity contribution in [2.45, 2.75) is 44.8 Å². The lowest BCUT2D eigenvalue weighted by Crippen LogP contribution is -2.26. The number of rotatable bonds is 6. The van der Waals surface area contributed by atoms with Crippen molar-refractivity contribution < 1.29 is 10.2 Å². The molecule has 0 heterocycles. The summed E-state index contributed by atoms with van der Waals surface area (Å²) in [7, 11) is 0. The molecule has 0 aliphatic carbocycles. The van der Waals surface area contributed by atoms with Gasteiger partial charge in [0.2, 0.25) is 0 Å². The van der Waals surface area contributed by atoms with Gasteiger partial charge < -0.3 is 10.2 Å². The fraction of sp³-hybridized carbons (Fsp3) is 0.538. The summed E-state index contributed by atoms with van der Waals surface area (Å²) < 4.78 is 0. The number of aliphatic hydroxyl groups excluding tert-OH is 2. The van der Waals surface area contributed by atoms with Gasteiger partial charge in [-0.3, -0.25) is 0 Å². The second-order valence-electron chi connectivity index (χ2n) is 4.16. The number of halogens is 2. The molecule has 0 aliphatic rings. The largest absolute Gasteiger partial charge is 0.390 e. The van der Waals surface area contributed by atoms with Gasteiger partial charge in [-0.2, -0.15) is 0 Å². The molecule has 1 aromatic rings. The van der Waals surface area contributed by atoms with E-state index in [1.807, 2.05) is 6.92 Å². The molecule has 17 heavy (non-hydrogen) atoms. The number of hydrogen-bond acceptors (Lipinski definition) is 2. The molecule has 2 nitrogen and oxygen atoms in total. The lowest BCUT2D eigenvalue weighted by atomic mass is 10.0. The van der Waals surface area contributed by atoms with Gasteiger partial charge in [0.25, 0.3) is 0 Å². The molecule has 2 unspecified atom stereocenters. The normalized spacial score (nSPS) is 14.6. The average molecular weight is 277 g/mol. The fourth-order valence-electron chi connectivity index (χ4n) is 1.74. The number of benzene rings is 1. The summed E-state index contributed by atoms with van der Waals surface area (Å²) in [5.41, 5.74) is 0.832. The van der Waals surface area contributed by atoms with Crippen molar-refractivity contribution in [2.24, 2.45) is 0 Å². The Morgan fingerprint density at radius 2 is 1.59 bits per heavy atom. The SMILES string of the molecule is CCCC(O)C(O)CCc1c(Cl)cccc1Cl. The molecule has 1 aromatic carbocycles. The molecule has 0 amide bonds. The van der Waals surface area contributed by atoms with Crippen molar-refractivity contribution in [3.05, 3.63) is 33.8 Å². The Labute approximate surface area is 112 Å². The monoisotopic (exact) mass is 276 g/mol. The van der Waals surface area contributed by atoms with Crippen LogP contribution in [-0.4, -0.2) is 22.4 Å². The van der Waals surface area contributed by atoms with E-state index in [1.54, 1.807) is 18.2 Å². The van der Waals surface area contributed by atoms with Crippen LogP contribution in [0.2, 0.25) is 10.0 Å². The maximum atomic E-state index is 9.76. The third kappa shape index (κ3) is 4.47. The Balaban J connectivity index is 2.55. The van der Waals surface area contributed by atoms with Crippen LogP contribution in [0.4, 0.5) is 0 Å². The highest BCUT2D eigenvalue weighted by atomic mass is 35.5. The van der Waals surface area contributed by atoms with Gasteiger partial charge in [0, 0.05) is 10.0 Å². The predicted molar refractivity (Wildman–Crippen MR) is 71.7 cm³/mol. The zero-order valence-electron chi connectivity index (χ0n) is 9.87. The van der Waals surface area contributed by atoms with Crippen LogP contribution in [0.5, 0.6) is 0 Å². The van der Waals surface area contributed by atoms with E-state index in [4.69, 9.17) is 23.2 Å². The Kier molecular flexibility index (Phi) is 6.28. The number of aliphatic hydroxyl groups is 2. The Hall–Kier alpha value is -0.280. The summed E-state index contributed by atoms with van der Waals surface area (Å²) >= 11 is 12.1.